The highest BCUT2D eigenvalue weighted by atomic mass is 16.4. The number of hydrogen-bond acceptors (Lipinski definition) is 3. The van der Waals surface area contributed by atoms with Crippen molar-refractivity contribution in [3.8, 4) is 0 Å². The molecule has 3 N–H and O–H groups in total. The fourth-order valence-electron chi connectivity index (χ4n) is 2.64. The minimum absolute atomic E-state index is 0.0260. The molecule has 0 spiro atoms. The van der Waals surface area contributed by atoms with E-state index in [0.717, 1.165) is 6.42 Å². The summed E-state index contributed by atoms with van der Waals surface area (Å²) in [6, 6.07) is 0.0260. The van der Waals surface area contributed by atoms with E-state index in [1.54, 1.807) is 0 Å². The fourth-order valence-corrected chi connectivity index (χ4v) is 2.64. The predicted molar refractivity (Wildman–Crippen MR) is 62.6 cm³/mol. The average Bonchev–Trinajstić information content (AvgIpc) is 2.94. The lowest BCUT2D eigenvalue weighted by Gasteiger charge is -2.14. The van der Waals surface area contributed by atoms with Crippen molar-refractivity contribution in [3.05, 3.63) is 0 Å². The Morgan fingerprint density at radius 2 is 2.00 bits per heavy atom. The maximum Gasteiger partial charge on any atom is 0.306 e. The first-order chi connectivity index (χ1) is 8.56. The molecule has 3 atom stereocenters. The predicted octanol–water partition coefficient (Wildman–Crippen LogP) is -0.118. The molecule has 6 heteroatoms. The third-order valence-corrected chi connectivity index (χ3v) is 3.76. The maximum absolute atomic E-state index is 11.8. The van der Waals surface area contributed by atoms with Crippen molar-refractivity contribution in [1.82, 2.24) is 10.6 Å². The minimum Gasteiger partial charge on any atom is -0.481 e. The molecule has 2 amide bonds. The molecule has 0 bridgehead atoms. The van der Waals surface area contributed by atoms with Crippen molar-refractivity contribution in [3.63, 3.8) is 0 Å². The molecule has 1 saturated carbocycles. The van der Waals surface area contributed by atoms with Crippen molar-refractivity contribution in [2.75, 3.05) is 6.54 Å². The SMILES string of the molecule is O=C1CCC(CNC(=O)[C@@H]2CC[C@H](C(=O)O)C2)N1. The number of hydrogen-bond donors (Lipinski definition) is 3. The van der Waals surface area contributed by atoms with E-state index in [9.17, 15) is 14.4 Å². The summed E-state index contributed by atoms with van der Waals surface area (Å²) >= 11 is 0. The molecule has 6 nitrogen and oxygen atoms in total. The summed E-state index contributed by atoms with van der Waals surface area (Å²) in [5.74, 6) is -1.44. The number of carbonyl (C=O) groups is 3. The number of nitrogens with one attached hydrogen (secondary N) is 2. The Hall–Kier alpha value is -1.59. The van der Waals surface area contributed by atoms with E-state index in [2.05, 4.69) is 10.6 Å². The highest BCUT2D eigenvalue weighted by Crippen LogP contribution is 2.31. The first-order valence-electron chi connectivity index (χ1n) is 6.36. The number of amides is 2. The zero-order valence-electron chi connectivity index (χ0n) is 10.1. The third kappa shape index (κ3) is 3.00. The lowest BCUT2D eigenvalue weighted by molar-refractivity contribution is -0.141. The van der Waals surface area contributed by atoms with Crippen LogP contribution in [0.3, 0.4) is 0 Å². The highest BCUT2D eigenvalue weighted by Gasteiger charge is 2.34. The van der Waals surface area contributed by atoms with Crippen LogP contribution in [0, 0.1) is 11.8 Å². The molecule has 0 aromatic heterocycles. The van der Waals surface area contributed by atoms with Crippen LogP contribution in [0.25, 0.3) is 0 Å². The molecule has 0 aromatic carbocycles. The average molecular weight is 254 g/mol. The molecule has 18 heavy (non-hydrogen) atoms. The Labute approximate surface area is 105 Å². The van der Waals surface area contributed by atoms with Crippen molar-refractivity contribution >= 4 is 17.8 Å². The van der Waals surface area contributed by atoms with Crippen molar-refractivity contribution in [2.24, 2.45) is 11.8 Å². The second-order valence-electron chi connectivity index (χ2n) is 5.09. The second kappa shape index (κ2) is 5.37. The lowest BCUT2D eigenvalue weighted by Crippen LogP contribution is -2.40. The molecular weight excluding hydrogens is 236 g/mol. The van der Waals surface area contributed by atoms with Gasteiger partial charge in [-0.2, -0.15) is 0 Å². The number of carboxylic acids is 1. The number of carboxylic acid groups (broad SMARTS) is 1. The summed E-state index contributed by atoms with van der Waals surface area (Å²) in [6.45, 7) is 0.443. The van der Waals surface area contributed by atoms with Crippen LogP contribution in [0.15, 0.2) is 0 Å². The van der Waals surface area contributed by atoms with Gasteiger partial charge >= 0.3 is 5.97 Å². The number of aliphatic carboxylic acids is 1. The van der Waals surface area contributed by atoms with Gasteiger partial charge in [0.15, 0.2) is 0 Å². The second-order valence-corrected chi connectivity index (χ2v) is 5.09. The number of rotatable bonds is 4. The van der Waals surface area contributed by atoms with E-state index in [4.69, 9.17) is 5.11 Å². The Kier molecular flexibility index (Phi) is 3.84. The molecule has 0 aromatic rings. The molecule has 1 saturated heterocycles. The Bertz CT molecular complexity index is 369. The molecule has 0 radical (unpaired) electrons. The van der Waals surface area contributed by atoms with Gasteiger partial charge in [0.2, 0.25) is 11.8 Å². The van der Waals surface area contributed by atoms with Gasteiger partial charge in [0.1, 0.15) is 0 Å². The van der Waals surface area contributed by atoms with Crippen LogP contribution in [0.2, 0.25) is 0 Å². The van der Waals surface area contributed by atoms with Crippen LogP contribution >= 0.6 is 0 Å². The zero-order valence-corrected chi connectivity index (χ0v) is 10.1. The molecule has 100 valence electrons. The molecular formula is C12H18N2O4. The highest BCUT2D eigenvalue weighted by molar-refractivity contribution is 5.81. The smallest absolute Gasteiger partial charge is 0.306 e. The van der Waals surface area contributed by atoms with E-state index in [1.807, 2.05) is 0 Å². The minimum atomic E-state index is -0.812. The van der Waals surface area contributed by atoms with E-state index in [0.29, 0.717) is 32.2 Å². The van der Waals surface area contributed by atoms with Crippen LogP contribution in [-0.2, 0) is 14.4 Å². The van der Waals surface area contributed by atoms with Crippen LogP contribution in [-0.4, -0.2) is 35.5 Å². The normalized spacial score (nSPS) is 31.1. The quantitative estimate of drug-likeness (QED) is 0.652. The summed E-state index contributed by atoms with van der Waals surface area (Å²) in [5, 5.41) is 14.4. The summed E-state index contributed by atoms with van der Waals surface area (Å²) in [6.07, 6.45) is 2.91. The lowest BCUT2D eigenvalue weighted by atomic mass is 10.0. The van der Waals surface area contributed by atoms with Crippen LogP contribution in [0.1, 0.15) is 32.1 Å². The largest absolute Gasteiger partial charge is 0.481 e. The van der Waals surface area contributed by atoms with Gasteiger partial charge in [0, 0.05) is 24.9 Å². The van der Waals surface area contributed by atoms with Gasteiger partial charge in [-0.25, -0.2) is 0 Å². The fraction of sp³-hybridized carbons (Fsp3) is 0.750. The van der Waals surface area contributed by atoms with Gasteiger partial charge in [-0.3, -0.25) is 14.4 Å². The summed E-state index contributed by atoms with van der Waals surface area (Å²) in [4.78, 5) is 33.6. The van der Waals surface area contributed by atoms with Crippen LogP contribution in [0.5, 0.6) is 0 Å². The van der Waals surface area contributed by atoms with Gasteiger partial charge in [0.25, 0.3) is 0 Å². The Morgan fingerprint density at radius 1 is 1.28 bits per heavy atom. The van der Waals surface area contributed by atoms with E-state index < -0.39 is 5.97 Å². The van der Waals surface area contributed by atoms with E-state index in [1.165, 1.54) is 0 Å². The van der Waals surface area contributed by atoms with E-state index >= 15 is 0 Å². The van der Waals surface area contributed by atoms with Gasteiger partial charge in [0.05, 0.1) is 5.92 Å². The Balaban J connectivity index is 1.72. The molecule has 1 unspecified atom stereocenters. The van der Waals surface area contributed by atoms with Gasteiger partial charge < -0.3 is 15.7 Å². The van der Waals surface area contributed by atoms with Crippen molar-refractivity contribution < 1.29 is 19.5 Å². The van der Waals surface area contributed by atoms with Gasteiger partial charge in [-0.05, 0) is 25.7 Å². The summed E-state index contributed by atoms with van der Waals surface area (Å²) in [5.41, 5.74) is 0. The van der Waals surface area contributed by atoms with Crippen molar-refractivity contribution in [1.29, 1.82) is 0 Å². The number of carbonyl (C=O) groups excluding carboxylic acids is 2. The molecule has 2 fully saturated rings. The summed E-state index contributed by atoms with van der Waals surface area (Å²) in [7, 11) is 0. The monoisotopic (exact) mass is 254 g/mol. The summed E-state index contributed by atoms with van der Waals surface area (Å²) < 4.78 is 0. The maximum atomic E-state index is 11.8. The van der Waals surface area contributed by atoms with Gasteiger partial charge in [-0.1, -0.05) is 0 Å². The molecule has 1 heterocycles. The van der Waals surface area contributed by atoms with Crippen LogP contribution in [0.4, 0.5) is 0 Å². The molecule has 1 aliphatic carbocycles. The standard InChI is InChI=1S/C12H18N2O4/c15-10-4-3-9(14-10)6-13-11(16)7-1-2-8(5-7)12(17)18/h7-9H,1-6H2,(H,13,16)(H,14,15)(H,17,18)/t7-,8+,9?/m1/s1. The van der Waals surface area contributed by atoms with Crippen molar-refractivity contribution in [2.45, 2.75) is 38.1 Å². The first-order valence-corrected chi connectivity index (χ1v) is 6.36. The van der Waals surface area contributed by atoms with Crippen LogP contribution < -0.4 is 10.6 Å². The molecule has 1 aliphatic heterocycles. The molecule has 2 rings (SSSR count). The zero-order chi connectivity index (χ0) is 13.1. The topological polar surface area (TPSA) is 95.5 Å². The Morgan fingerprint density at radius 3 is 2.56 bits per heavy atom. The first kappa shape index (κ1) is 12.9. The van der Waals surface area contributed by atoms with Gasteiger partial charge in [-0.15, -0.1) is 0 Å². The third-order valence-electron chi connectivity index (χ3n) is 3.76. The van der Waals surface area contributed by atoms with E-state index in [-0.39, 0.29) is 29.7 Å². The molecule has 2 aliphatic rings.